The van der Waals surface area contributed by atoms with E-state index in [2.05, 4.69) is 36.6 Å². The molecule has 9 nitrogen and oxygen atoms in total. The molecule has 1 aliphatic rings. The number of anilines is 3. The maximum absolute atomic E-state index is 13.6. The molecule has 1 unspecified atom stereocenters. The van der Waals surface area contributed by atoms with Gasteiger partial charge in [-0.05, 0) is 49.7 Å². The van der Waals surface area contributed by atoms with Crippen molar-refractivity contribution in [2.75, 3.05) is 43.6 Å². The van der Waals surface area contributed by atoms with Gasteiger partial charge in [0.15, 0.2) is 5.69 Å². The maximum atomic E-state index is 13.6. The third kappa shape index (κ3) is 6.01. The molecule has 3 aromatic rings. The molecule has 2 N–H and O–H groups in total. The molecule has 0 bridgehead atoms. The van der Waals surface area contributed by atoms with Gasteiger partial charge in [0.05, 0.1) is 34.7 Å². The summed E-state index contributed by atoms with van der Waals surface area (Å²) in [6.45, 7) is 3.15. The van der Waals surface area contributed by atoms with Crippen molar-refractivity contribution in [2.24, 2.45) is 0 Å². The summed E-state index contributed by atoms with van der Waals surface area (Å²) in [7, 11) is 1.70. The molecule has 0 amide bonds. The molecular formula is C24H27FN8O. The van der Waals surface area contributed by atoms with Crippen LogP contribution >= 0.6 is 0 Å². The average Bonchev–Trinajstić information content (AvgIpc) is 3.30. The second-order valence-corrected chi connectivity index (χ2v) is 7.96. The van der Waals surface area contributed by atoms with Gasteiger partial charge in [0.2, 0.25) is 5.95 Å². The van der Waals surface area contributed by atoms with Gasteiger partial charge in [-0.1, -0.05) is 0 Å². The van der Waals surface area contributed by atoms with Crippen molar-refractivity contribution in [3.8, 4) is 17.5 Å². The standard InChI is InChI=1S/C24H27FN8O/c1-34-12-2-9-27-14-18-3-4-19(15-29-18)30-24-28-10-7-21(32-24)20-5-6-23(22(13-26)31-20)33-11-8-17(25)16-33/h3-7,10,15,17,27H,2,8-9,11-12,14,16H2,1H3,(H,28,30,32). The van der Waals surface area contributed by atoms with Crippen LogP contribution in [0.3, 0.4) is 0 Å². The molecule has 176 valence electrons. The van der Waals surface area contributed by atoms with Gasteiger partial charge in [0.25, 0.3) is 0 Å². The fourth-order valence-corrected chi connectivity index (χ4v) is 3.72. The Bertz CT molecular complexity index is 1130. The molecule has 4 heterocycles. The Hall–Kier alpha value is -3.68. The van der Waals surface area contributed by atoms with Crippen LogP contribution in [0.5, 0.6) is 0 Å². The molecule has 1 saturated heterocycles. The molecular weight excluding hydrogens is 435 g/mol. The third-order valence-electron chi connectivity index (χ3n) is 5.46. The van der Waals surface area contributed by atoms with Crippen molar-refractivity contribution in [1.82, 2.24) is 25.3 Å². The number of methoxy groups -OCH3 is 1. The number of rotatable bonds is 10. The second-order valence-electron chi connectivity index (χ2n) is 7.96. The van der Waals surface area contributed by atoms with E-state index in [9.17, 15) is 9.65 Å². The highest BCUT2D eigenvalue weighted by Crippen LogP contribution is 2.27. The Morgan fingerprint density at radius 1 is 1.18 bits per heavy atom. The largest absolute Gasteiger partial charge is 0.385 e. The van der Waals surface area contributed by atoms with E-state index < -0.39 is 6.17 Å². The lowest BCUT2D eigenvalue weighted by Gasteiger charge is -2.18. The minimum atomic E-state index is -0.873. The van der Waals surface area contributed by atoms with Crippen LogP contribution in [0.25, 0.3) is 11.4 Å². The van der Waals surface area contributed by atoms with Crippen LogP contribution in [0, 0.1) is 11.3 Å². The molecule has 0 radical (unpaired) electrons. The summed E-state index contributed by atoms with van der Waals surface area (Å²) in [5.74, 6) is 0.397. The Morgan fingerprint density at radius 2 is 2.06 bits per heavy atom. The molecule has 10 heteroatoms. The summed E-state index contributed by atoms with van der Waals surface area (Å²) in [4.78, 5) is 19.6. The topological polar surface area (TPSA) is 112 Å². The van der Waals surface area contributed by atoms with E-state index >= 15 is 0 Å². The molecule has 0 saturated carbocycles. The zero-order chi connectivity index (χ0) is 23.8. The summed E-state index contributed by atoms with van der Waals surface area (Å²) in [5.41, 5.74) is 3.73. The first-order valence-corrected chi connectivity index (χ1v) is 11.2. The van der Waals surface area contributed by atoms with Gasteiger partial charge in [-0.25, -0.2) is 19.3 Å². The van der Waals surface area contributed by atoms with E-state index in [1.54, 1.807) is 37.7 Å². The van der Waals surface area contributed by atoms with E-state index in [-0.39, 0.29) is 12.2 Å². The summed E-state index contributed by atoms with van der Waals surface area (Å²) in [6.07, 6.45) is 3.91. The van der Waals surface area contributed by atoms with Crippen molar-refractivity contribution in [3.63, 3.8) is 0 Å². The van der Waals surface area contributed by atoms with E-state index in [0.717, 1.165) is 31.0 Å². The summed E-state index contributed by atoms with van der Waals surface area (Å²) < 4.78 is 18.6. The predicted molar refractivity (Wildman–Crippen MR) is 127 cm³/mol. The number of hydrogen-bond acceptors (Lipinski definition) is 9. The lowest BCUT2D eigenvalue weighted by atomic mass is 10.2. The molecule has 1 fully saturated rings. The van der Waals surface area contributed by atoms with Crippen LogP contribution in [-0.2, 0) is 11.3 Å². The quantitative estimate of drug-likeness (QED) is 0.439. The molecule has 4 rings (SSSR count). The van der Waals surface area contributed by atoms with Crippen LogP contribution in [0.15, 0.2) is 42.7 Å². The van der Waals surface area contributed by atoms with Crippen molar-refractivity contribution < 1.29 is 9.13 Å². The van der Waals surface area contributed by atoms with Crippen LogP contribution < -0.4 is 15.5 Å². The first kappa shape index (κ1) is 23.5. The van der Waals surface area contributed by atoms with Gasteiger partial charge in [-0.15, -0.1) is 0 Å². The van der Waals surface area contributed by atoms with Crippen LogP contribution in [0.4, 0.5) is 21.7 Å². The molecule has 0 aromatic carbocycles. The lowest BCUT2D eigenvalue weighted by molar-refractivity contribution is 0.194. The number of halogens is 1. The van der Waals surface area contributed by atoms with Crippen molar-refractivity contribution >= 4 is 17.3 Å². The minimum Gasteiger partial charge on any atom is -0.385 e. The van der Waals surface area contributed by atoms with Gasteiger partial charge in [-0.2, -0.15) is 5.26 Å². The number of alkyl halides is 1. The highest BCUT2D eigenvalue weighted by molar-refractivity contribution is 5.65. The summed E-state index contributed by atoms with van der Waals surface area (Å²) in [6, 6.07) is 11.3. The minimum absolute atomic E-state index is 0.260. The van der Waals surface area contributed by atoms with Crippen molar-refractivity contribution in [3.05, 3.63) is 54.1 Å². The number of pyridine rings is 2. The highest BCUT2D eigenvalue weighted by Gasteiger charge is 2.24. The second kappa shape index (κ2) is 11.4. The first-order valence-electron chi connectivity index (χ1n) is 11.2. The zero-order valence-corrected chi connectivity index (χ0v) is 19.0. The fraction of sp³-hybridized carbons (Fsp3) is 0.375. The Morgan fingerprint density at radius 3 is 2.79 bits per heavy atom. The predicted octanol–water partition coefficient (Wildman–Crippen LogP) is 3.22. The molecule has 34 heavy (non-hydrogen) atoms. The number of nitrogens with zero attached hydrogens (tertiary/aromatic N) is 6. The van der Waals surface area contributed by atoms with E-state index in [4.69, 9.17) is 4.74 Å². The van der Waals surface area contributed by atoms with Crippen LogP contribution in [0.2, 0.25) is 0 Å². The van der Waals surface area contributed by atoms with Gasteiger partial charge in [0, 0.05) is 39.5 Å². The lowest BCUT2D eigenvalue weighted by Crippen LogP contribution is -2.21. The molecule has 0 aliphatic carbocycles. The summed E-state index contributed by atoms with van der Waals surface area (Å²) >= 11 is 0. The Balaban J connectivity index is 1.42. The van der Waals surface area contributed by atoms with Crippen molar-refractivity contribution in [2.45, 2.75) is 25.6 Å². The SMILES string of the molecule is COCCCNCc1ccc(Nc2nccc(-c3ccc(N4CCC(F)C4)c(C#N)n3)n2)cn1. The third-order valence-corrected chi connectivity index (χ3v) is 5.46. The van der Waals surface area contributed by atoms with E-state index in [0.29, 0.717) is 42.5 Å². The van der Waals surface area contributed by atoms with E-state index in [1.807, 2.05) is 17.0 Å². The molecule has 3 aromatic heterocycles. The Kier molecular flexibility index (Phi) is 7.91. The maximum Gasteiger partial charge on any atom is 0.227 e. The number of ether oxygens (including phenoxy) is 1. The fourth-order valence-electron chi connectivity index (χ4n) is 3.72. The van der Waals surface area contributed by atoms with Gasteiger partial charge >= 0.3 is 0 Å². The van der Waals surface area contributed by atoms with Gasteiger partial charge in [0.1, 0.15) is 12.2 Å². The number of nitrogens with one attached hydrogen (secondary N) is 2. The zero-order valence-electron chi connectivity index (χ0n) is 19.0. The van der Waals surface area contributed by atoms with Crippen molar-refractivity contribution in [1.29, 1.82) is 5.26 Å². The number of nitriles is 1. The molecule has 1 atom stereocenters. The Labute approximate surface area is 198 Å². The number of hydrogen-bond donors (Lipinski definition) is 2. The van der Waals surface area contributed by atoms with Gasteiger partial charge < -0.3 is 20.3 Å². The highest BCUT2D eigenvalue weighted by atomic mass is 19.1. The average molecular weight is 463 g/mol. The van der Waals surface area contributed by atoms with E-state index in [1.165, 1.54) is 0 Å². The summed E-state index contributed by atoms with van der Waals surface area (Å²) in [5, 5.41) is 16.1. The monoisotopic (exact) mass is 462 g/mol. The first-order chi connectivity index (χ1) is 16.7. The number of aromatic nitrogens is 4. The molecule has 0 spiro atoms. The van der Waals surface area contributed by atoms with Crippen LogP contribution in [-0.4, -0.2) is 59.5 Å². The van der Waals surface area contributed by atoms with Crippen LogP contribution in [0.1, 0.15) is 24.2 Å². The van der Waals surface area contributed by atoms with Gasteiger partial charge in [-0.3, -0.25) is 4.98 Å². The molecule has 1 aliphatic heterocycles. The normalized spacial score (nSPS) is 15.3. The smallest absolute Gasteiger partial charge is 0.227 e.